The summed E-state index contributed by atoms with van der Waals surface area (Å²) in [5, 5.41) is 4.28. The van der Waals surface area contributed by atoms with Crippen molar-refractivity contribution in [1.29, 1.82) is 0 Å². The molecule has 0 aromatic heterocycles. The molecule has 0 radical (unpaired) electrons. The van der Waals surface area contributed by atoms with Crippen molar-refractivity contribution >= 4 is 27.8 Å². The maximum Gasteiger partial charge on any atom is 0.162 e. The second-order valence-corrected chi connectivity index (χ2v) is 5.94. The highest BCUT2D eigenvalue weighted by Gasteiger charge is 2.09. The number of hydrogen-bond donors (Lipinski definition) is 1. The molecule has 0 amide bonds. The van der Waals surface area contributed by atoms with Crippen LogP contribution in [0.15, 0.2) is 58.6 Å². The number of nitrogens with zero attached hydrogens (tertiary/aromatic N) is 1. The van der Waals surface area contributed by atoms with E-state index in [1.165, 1.54) is 5.56 Å². The highest BCUT2D eigenvalue weighted by atomic mass is 79.9. The summed E-state index contributed by atoms with van der Waals surface area (Å²) in [6.07, 6.45) is 3.44. The molecular formula is C19H21BrN2O2. The van der Waals surface area contributed by atoms with Crippen LogP contribution in [0.25, 0.3) is 0 Å². The van der Waals surface area contributed by atoms with E-state index in [2.05, 4.69) is 40.0 Å². The highest BCUT2D eigenvalue weighted by Crippen LogP contribution is 2.33. The molecule has 0 aliphatic rings. The van der Waals surface area contributed by atoms with Crippen LogP contribution in [0.5, 0.6) is 11.5 Å². The zero-order chi connectivity index (χ0) is 17.4. The number of rotatable bonds is 8. The summed E-state index contributed by atoms with van der Waals surface area (Å²) in [5.74, 6) is 1.35. The Hall–Kier alpha value is -2.27. The number of hydrogen-bond acceptors (Lipinski definition) is 4. The number of aryl methyl sites for hydroxylation is 1. The molecule has 0 saturated heterocycles. The van der Waals surface area contributed by atoms with Gasteiger partial charge in [-0.2, -0.15) is 5.10 Å². The maximum atomic E-state index is 5.65. The van der Waals surface area contributed by atoms with Crippen molar-refractivity contribution in [3.8, 4) is 11.5 Å². The third-order valence-corrected chi connectivity index (χ3v) is 3.86. The van der Waals surface area contributed by atoms with Crippen LogP contribution in [0, 0.1) is 6.92 Å². The van der Waals surface area contributed by atoms with E-state index < -0.39 is 0 Å². The van der Waals surface area contributed by atoms with Gasteiger partial charge in [-0.3, -0.25) is 5.43 Å². The Morgan fingerprint density at radius 2 is 1.88 bits per heavy atom. The smallest absolute Gasteiger partial charge is 0.162 e. The van der Waals surface area contributed by atoms with Crippen LogP contribution in [0.3, 0.4) is 0 Å². The second kappa shape index (κ2) is 9.13. The van der Waals surface area contributed by atoms with Gasteiger partial charge in [0.25, 0.3) is 0 Å². The van der Waals surface area contributed by atoms with Gasteiger partial charge in [-0.1, -0.05) is 30.4 Å². The largest absolute Gasteiger partial charge is 0.490 e. The Labute approximate surface area is 151 Å². The lowest BCUT2D eigenvalue weighted by Gasteiger charge is -2.12. The third kappa shape index (κ3) is 5.13. The summed E-state index contributed by atoms with van der Waals surface area (Å²) < 4.78 is 12.1. The predicted molar refractivity (Wildman–Crippen MR) is 103 cm³/mol. The van der Waals surface area contributed by atoms with Crippen LogP contribution >= 0.6 is 15.9 Å². The Kier molecular flexibility index (Phi) is 6.88. The van der Waals surface area contributed by atoms with Crippen molar-refractivity contribution in [2.45, 2.75) is 13.8 Å². The highest BCUT2D eigenvalue weighted by molar-refractivity contribution is 9.10. The Bertz CT molecular complexity index is 712. The molecule has 0 saturated carbocycles. The quantitative estimate of drug-likeness (QED) is 0.385. The summed E-state index contributed by atoms with van der Waals surface area (Å²) in [5.41, 5.74) is 6.05. The summed E-state index contributed by atoms with van der Waals surface area (Å²) in [7, 11) is 0. The van der Waals surface area contributed by atoms with Gasteiger partial charge >= 0.3 is 0 Å². The third-order valence-electron chi connectivity index (χ3n) is 3.17. The van der Waals surface area contributed by atoms with E-state index in [4.69, 9.17) is 9.47 Å². The fourth-order valence-electron chi connectivity index (χ4n) is 1.98. The molecule has 2 aromatic rings. The molecule has 4 nitrogen and oxygen atoms in total. The summed E-state index contributed by atoms with van der Waals surface area (Å²) in [6.45, 7) is 8.63. The number of ether oxygens (including phenoxy) is 2. The van der Waals surface area contributed by atoms with E-state index in [-0.39, 0.29) is 0 Å². The second-order valence-electron chi connectivity index (χ2n) is 5.09. The number of anilines is 1. The van der Waals surface area contributed by atoms with Crippen molar-refractivity contribution in [2.24, 2.45) is 5.10 Å². The molecule has 0 spiro atoms. The molecule has 0 unspecified atom stereocenters. The summed E-state index contributed by atoms with van der Waals surface area (Å²) in [4.78, 5) is 0. The molecule has 1 N–H and O–H groups in total. The molecule has 5 heteroatoms. The van der Waals surface area contributed by atoms with Crippen molar-refractivity contribution in [3.63, 3.8) is 0 Å². The molecular weight excluding hydrogens is 368 g/mol. The van der Waals surface area contributed by atoms with Crippen molar-refractivity contribution in [2.75, 3.05) is 18.6 Å². The van der Waals surface area contributed by atoms with E-state index in [9.17, 15) is 0 Å². The maximum absolute atomic E-state index is 5.65. The number of benzene rings is 2. The fourth-order valence-corrected chi connectivity index (χ4v) is 2.41. The lowest BCUT2D eigenvalue weighted by atomic mass is 10.2. The lowest BCUT2D eigenvalue weighted by Crippen LogP contribution is -2.01. The first-order chi connectivity index (χ1) is 11.6. The molecule has 126 valence electrons. The van der Waals surface area contributed by atoms with Gasteiger partial charge in [0.2, 0.25) is 0 Å². The number of nitrogens with one attached hydrogen (secondary N) is 1. The molecule has 24 heavy (non-hydrogen) atoms. The van der Waals surface area contributed by atoms with Crippen LogP contribution in [0.4, 0.5) is 5.69 Å². The minimum atomic E-state index is 0.426. The zero-order valence-electron chi connectivity index (χ0n) is 13.9. The zero-order valence-corrected chi connectivity index (χ0v) is 15.5. The molecule has 0 heterocycles. The molecule has 0 fully saturated rings. The first-order valence-corrected chi connectivity index (χ1v) is 8.49. The summed E-state index contributed by atoms with van der Waals surface area (Å²) in [6, 6.07) is 11.8. The Morgan fingerprint density at radius 3 is 2.54 bits per heavy atom. The SMILES string of the molecule is C=CCOc1cc(Br)c(/C=N/Nc2ccc(C)cc2)cc1OCC. The van der Waals surface area contributed by atoms with Gasteiger partial charge in [-0.05, 0) is 54.0 Å². The monoisotopic (exact) mass is 388 g/mol. The standard InChI is InChI=1S/C19H21BrN2O2/c1-4-10-24-19-12-17(20)15(11-18(19)23-5-2)13-21-22-16-8-6-14(3)7-9-16/h4,6-9,11-13,22H,1,5,10H2,2-3H3/b21-13+. The van der Waals surface area contributed by atoms with Crippen LogP contribution < -0.4 is 14.9 Å². The van der Waals surface area contributed by atoms with Crippen molar-refractivity contribution in [3.05, 3.63) is 64.7 Å². The minimum Gasteiger partial charge on any atom is -0.490 e. The average molecular weight is 389 g/mol. The minimum absolute atomic E-state index is 0.426. The number of halogens is 1. The average Bonchev–Trinajstić information content (AvgIpc) is 2.58. The normalized spacial score (nSPS) is 10.6. The molecule has 2 aromatic carbocycles. The Morgan fingerprint density at radius 1 is 1.17 bits per heavy atom. The van der Waals surface area contributed by atoms with Gasteiger partial charge in [0, 0.05) is 10.0 Å². The van der Waals surface area contributed by atoms with Gasteiger partial charge in [0.15, 0.2) is 11.5 Å². The van der Waals surface area contributed by atoms with Gasteiger partial charge < -0.3 is 9.47 Å². The van der Waals surface area contributed by atoms with Crippen LogP contribution in [-0.4, -0.2) is 19.4 Å². The van der Waals surface area contributed by atoms with Gasteiger partial charge in [-0.25, -0.2) is 0 Å². The van der Waals surface area contributed by atoms with Crippen LogP contribution in [0.2, 0.25) is 0 Å². The summed E-state index contributed by atoms with van der Waals surface area (Å²) >= 11 is 3.54. The van der Waals surface area contributed by atoms with E-state index in [1.807, 2.05) is 43.3 Å². The van der Waals surface area contributed by atoms with E-state index in [0.29, 0.717) is 24.7 Å². The first-order valence-electron chi connectivity index (χ1n) is 7.69. The lowest BCUT2D eigenvalue weighted by molar-refractivity contribution is 0.296. The van der Waals surface area contributed by atoms with E-state index in [0.717, 1.165) is 15.7 Å². The number of hydrazone groups is 1. The fraction of sp³-hybridized carbons (Fsp3) is 0.211. The van der Waals surface area contributed by atoms with Crippen molar-refractivity contribution in [1.82, 2.24) is 0 Å². The molecule has 0 atom stereocenters. The molecule has 0 aliphatic carbocycles. The Balaban J connectivity index is 2.16. The molecule has 0 aliphatic heterocycles. The van der Waals surface area contributed by atoms with Crippen molar-refractivity contribution < 1.29 is 9.47 Å². The molecule has 2 rings (SSSR count). The van der Waals surface area contributed by atoms with Crippen LogP contribution in [0.1, 0.15) is 18.1 Å². The van der Waals surface area contributed by atoms with Crippen LogP contribution in [-0.2, 0) is 0 Å². The first kappa shape index (κ1) is 18.1. The topological polar surface area (TPSA) is 42.8 Å². The van der Waals surface area contributed by atoms with E-state index in [1.54, 1.807) is 12.3 Å². The van der Waals surface area contributed by atoms with Gasteiger partial charge in [-0.15, -0.1) is 0 Å². The van der Waals surface area contributed by atoms with Gasteiger partial charge in [0.1, 0.15) is 6.61 Å². The van der Waals surface area contributed by atoms with Gasteiger partial charge in [0.05, 0.1) is 18.5 Å². The predicted octanol–water partition coefficient (Wildman–Crippen LogP) is 5.17. The molecule has 0 bridgehead atoms. The van der Waals surface area contributed by atoms with E-state index >= 15 is 0 Å².